The number of pyridine rings is 1. The minimum Gasteiger partial charge on any atom is -0.497 e. The standard InChI is InChI=1S/C18H17N3O2/c1-23-15-8-2-5-13(11-15)12-20-18(22)21-16-9-3-6-14-7-4-10-19-17(14)16/h2-11H,12H2,1H3,(H2,20,21,22). The van der Waals surface area contributed by atoms with Crippen molar-refractivity contribution < 1.29 is 9.53 Å². The number of rotatable bonds is 4. The van der Waals surface area contributed by atoms with Gasteiger partial charge >= 0.3 is 6.03 Å². The fourth-order valence-electron chi connectivity index (χ4n) is 2.34. The summed E-state index contributed by atoms with van der Waals surface area (Å²) in [6.07, 6.45) is 1.71. The van der Waals surface area contributed by atoms with E-state index in [9.17, 15) is 4.79 Å². The van der Waals surface area contributed by atoms with Gasteiger partial charge in [-0.15, -0.1) is 0 Å². The van der Waals surface area contributed by atoms with Crippen molar-refractivity contribution in [1.82, 2.24) is 10.3 Å². The number of benzene rings is 2. The summed E-state index contributed by atoms with van der Waals surface area (Å²) in [4.78, 5) is 16.4. The molecule has 0 aliphatic heterocycles. The number of nitrogens with zero attached hydrogens (tertiary/aromatic N) is 1. The lowest BCUT2D eigenvalue weighted by Crippen LogP contribution is -2.28. The van der Waals surface area contributed by atoms with Crippen LogP contribution in [0.5, 0.6) is 5.75 Å². The van der Waals surface area contributed by atoms with Crippen molar-refractivity contribution in [2.45, 2.75) is 6.54 Å². The van der Waals surface area contributed by atoms with Crippen molar-refractivity contribution in [3.8, 4) is 5.75 Å². The number of ether oxygens (including phenoxy) is 1. The first-order valence-corrected chi connectivity index (χ1v) is 7.28. The molecule has 0 radical (unpaired) electrons. The van der Waals surface area contributed by atoms with E-state index in [1.165, 1.54) is 0 Å². The molecule has 23 heavy (non-hydrogen) atoms. The van der Waals surface area contributed by atoms with Crippen LogP contribution in [0.2, 0.25) is 0 Å². The van der Waals surface area contributed by atoms with E-state index in [1.54, 1.807) is 13.3 Å². The molecule has 1 aromatic heterocycles. The van der Waals surface area contributed by atoms with Crippen LogP contribution in [0.4, 0.5) is 10.5 Å². The predicted molar refractivity (Wildman–Crippen MR) is 90.6 cm³/mol. The summed E-state index contributed by atoms with van der Waals surface area (Å²) in [6, 6.07) is 16.8. The first kappa shape index (κ1) is 14.8. The van der Waals surface area contributed by atoms with Gasteiger partial charge in [-0.1, -0.05) is 30.3 Å². The van der Waals surface area contributed by atoms with Gasteiger partial charge in [0.15, 0.2) is 0 Å². The minimum absolute atomic E-state index is 0.272. The predicted octanol–water partition coefficient (Wildman–Crippen LogP) is 3.57. The zero-order valence-corrected chi connectivity index (χ0v) is 12.7. The number of carbonyl (C=O) groups is 1. The Hall–Kier alpha value is -3.08. The van der Waals surface area contributed by atoms with Crippen molar-refractivity contribution in [3.05, 3.63) is 66.4 Å². The fraction of sp³-hybridized carbons (Fsp3) is 0.111. The molecular weight excluding hydrogens is 290 g/mol. The van der Waals surface area contributed by atoms with Gasteiger partial charge in [0.1, 0.15) is 5.75 Å². The second-order valence-electron chi connectivity index (χ2n) is 5.04. The quantitative estimate of drug-likeness (QED) is 0.774. The average Bonchev–Trinajstić information content (AvgIpc) is 2.60. The van der Waals surface area contributed by atoms with Crippen molar-refractivity contribution in [2.24, 2.45) is 0 Å². The van der Waals surface area contributed by atoms with Crippen LogP contribution in [0.25, 0.3) is 10.9 Å². The van der Waals surface area contributed by atoms with E-state index in [1.807, 2.05) is 54.6 Å². The largest absolute Gasteiger partial charge is 0.497 e. The van der Waals surface area contributed by atoms with Crippen molar-refractivity contribution in [2.75, 3.05) is 12.4 Å². The zero-order valence-electron chi connectivity index (χ0n) is 12.7. The molecule has 0 spiro atoms. The summed E-state index contributed by atoms with van der Waals surface area (Å²) in [5.41, 5.74) is 2.42. The second kappa shape index (κ2) is 6.79. The molecule has 2 aromatic carbocycles. The van der Waals surface area contributed by atoms with Crippen LogP contribution in [-0.2, 0) is 6.54 Å². The van der Waals surface area contributed by atoms with Gasteiger partial charge in [-0.2, -0.15) is 0 Å². The molecule has 0 bridgehead atoms. The van der Waals surface area contributed by atoms with E-state index < -0.39 is 0 Å². The van der Waals surface area contributed by atoms with E-state index in [4.69, 9.17) is 4.74 Å². The Balaban J connectivity index is 1.67. The Morgan fingerprint density at radius 1 is 1.13 bits per heavy atom. The summed E-state index contributed by atoms with van der Waals surface area (Å²) in [5.74, 6) is 0.767. The lowest BCUT2D eigenvalue weighted by molar-refractivity contribution is 0.251. The maximum absolute atomic E-state index is 12.1. The monoisotopic (exact) mass is 307 g/mol. The van der Waals surface area contributed by atoms with Crippen LogP contribution in [0, 0.1) is 0 Å². The Morgan fingerprint density at radius 2 is 1.96 bits per heavy atom. The Morgan fingerprint density at radius 3 is 2.83 bits per heavy atom. The van der Waals surface area contributed by atoms with Gasteiger partial charge in [-0.25, -0.2) is 4.79 Å². The highest BCUT2D eigenvalue weighted by molar-refractivity contribution is 5.99. The third-order valence-electron chi connectivity index (χ3n) is 3.47. The molecule has 0 unspecified atom stereocenters. The lowest BCUT2D eigenvalue weighted by Gasteiger charge is -2.10. The van der Waals surface area contributed by atoms with Gasteiger partial charge in [-0.3, -0.25) is 4.98 Å². The number of anilines is 1. The summed E-state index contributed by atoms with van der Waals surface area (Å²) < 4.78 is 5.17. The van der Waals surface area contributed by atoms with E-state index in [0.717, 1.165) is 22.2 Å². The molecule has 3 rings (SSSR count). The number of urea groups is 1. The van der Waals surface area contributed by atoms with E-state index >= 15 is 0 Å². The SMILES string of the molecule is COc1cccc(CNC(=O)Nc2cccc3cccnc23)c1. The molecule has 3 aromatic rings. The smallest absolute Gasteiger partial charge is 0.319 e. The number of aromatic nitrogens is 1. The molecule has 0 aliphatic carbocycles. The number of fused-ring (bicyclic) bond motifs is 1. The Kier molecular flexibility index (Phi) is 4.38. The maximum atomic E-state index is 12.1. The van der Waals surface area contributed by atoms with Crippen molar-refractivity contribution in [3.63, 3.8) is 0 Å². The average molecular weight is 307 g/mol. The van der Waals surface area contributed by atoms with E-state index in [0.29, 0.717) is 12.2 Å². The minimum atomic E-state index is -0.272. The molecule has 2 N–H and O–H groups in total. The third kappa shape index (κ3) is 3.58. The van der Waals surface area contributed by atoms with Crippen molar-refractivity contribution >= 4 is 22.6 Å². The van der Waals surface area contributed by atoms with Crippen LogP contribution < -0.4 is 15.4 Å². The van der Waals surface area contributed by atoms with Gasteiger partial charge in [0, 0.05) is 18.1 Å². The van der Waals surface area contributed by atoms with Gasteiger partial charge in [-0.05, 0) is 29.8 Å². The molecule has 2 amide bonds. The van der Waals surface area contributed by atoms with Crippen LogP contribution in [0.3, 0.4) is 0 Å². The van der Waals surface area contributed by atoms with E-state index in [2.05, 4.69) is 15.6 Å². The van der Waals surface area contributed by atoms with Crippen LogP contribution in [0.15, 0.2) is 60.8 Å². The summed E-state index contributed by atoms with van der Waals surface area (Å²) in [5, 5.41) is 6.65. The number of methoxy groups -OCH3 is 1. The molecule has 5 nitrogen and oxygen atoms in total. The molecule has 0 saturated heterocycles. The first-order chi connectivity index (χ1) is 11.3. The molecular formula is C18H17N3O2. The lowest BCUT2D eigenvalue weighted by atomic mass is 10.2. The third-order valence-corrected chi connectivity index (χ3v) is 3.47. The fourth-order valence-corrected chi connectivity index (χ4v) is 2.34. The van der Waals surface area contributed by atoms with Gasteiger partial charge in [0.2, 0.25) is 0 Å². The highest BCUT2D eigenvalue weighted by atomic mass is 16.5. The number of nitrogens with one attached hydrogen (secondary N) is 2. The molecule has 0 atom stereocenters. The molecule has 0 aliphatic rings. The molecule has 116 valence electrons. The zero-order chi connectivity index (χ0) is 16.1. The van der Waals surface area contributed by atoms with E-state index in [-0.39, 0.29) is 6.03 Å². The number of hydrogen-bond acceptors (Lipinski definition) is 3. The molecule has 0 fully saturated rings. The highest BCUT2D eigenvalue weighted by Crippen LogP contribution is 2.20. The number of hydrogen-bond donors (Lipinski definition) is 2. The second-order valence-corrected chi connectivity index (χ2v) is 5.04. The number of carbonyl (C=O) groups excluding carboxylic acids is 1. The van der Waals surface area contributed by atoms with Crippen molar-refractivity contribution in [1.29, 1.82) is 0 Å². The van der Waals surface area contributed by atoms with Crippen LogP contribution in [-0.4, -0.2) is 18.1 Å². The topological polar surface area (TPSA) is 63.2 Å². The van der Waals surface area contributed by atoms with Gasteiger partial charge in [0.05, 0.1) is 18.3 Å². The van der Waals surface area contributed by atoms with Gasteiger partial charge in [0.25, 0.3) is 0 Å². The Labute approximate surface area is 134 Å². The van der Waals surface area contributed by atoms with Crippen LogP contribution >= 0.6 is 0 Å². The first-order valence-electron chi connectivity index (χ1n) is 7.28. The summed E-state index contributed by atoms with van der Waals surface area (Å²) >= 11 is 0. The number of para-hydroxylation sites is 1. The normalized spacial score (nSPS) is 10.3. The molecule has 0 saturated carbocycles. The number of amides is 2. The Bertz CT molecular complexity index is 828. The summed E-state index contributed by atoms with van der Waals surface area (Å²) in [7, 11) is 1.62. The van der Waals surface area contributed by atoms with Crippen LogP contribution in [0.1, 0.15) is 5.56 Å². The molecule has 5 heteroatoms. The summed E-state index contributed by atoms with van der Waals surface area (Å²) in [6.45, 7) is 0.418. The molecule has 1 heterocycles. The maximum Gasteiger partial charge on any atom is 0.319 e. The highest BCUT2D eigenvalue weighted by Gasteiger charge is 2.06. The van der Waals surface area contributed by atoms with Gasteiger partial charge < -0.3 is 15.4 Å².